The van der Waals surface area contributed by atoms with E-state index in [1.807, 2.05) is 0 Å². The summed E-state index contributed by atoms with van der Waals surface area (Å²) in [7, 11) is -3.05. The average Bonchev–Trinajstić information content (AvgIpc) is 2.77. The van der Waals surface area contributed by atoms with Crippen LogP contribution in [-0.2, 0) is 9.84 Å². The largest absolute Gasteiger partial charge is 0.340 e. The smallest absolute Gasteiger partial charge is 0.255 e. The maximum Gasteiger partial charge on any atom is 0.255 e. The van der Waals surface area contributed by atoms with Gasteiger partial charge in [-0.3, -0.25) is 4.79 Å². The van der Waals surface area contributed by atoms with E-state index in [1.165, 1.54) is 6.07 Å². The molecule has 2 heterocycles. The average molecular weight is 444 g/mol. The molecule has 6 rings (SSSR count). The number of hydrogen-bond acceptors (Lipinski definition) is 5. The van der Waals surface area contributed by atoms with Gasteiger partial charge in [-0.1, -0.05) is 0 Å². The standard InChI is InChI=1S/C23H26FN3O3S/c1-14-12-17(6-7-19(14)24)26-22-21-16-4-2-15(3-5-16)20(21)18(13-25-22)23(28)27-8-10-31(29,30)11-9-27/h6-7,12-13,15-16H,2-5,8-11H2,1H3,(H,25,26). The van der Waals surface area contributed by atoms with Gasteiger partial charge in [0, 0.05) is 30.5 Å². The number of benzene rings is 1. The van der Waals surface area contributed by atoms with Gasteiger partial charge in [-0.25, -0.2) is 17.8 Å². The molecule has 0 unspecified atom stereocenters. The molecule has 3 aliphatic carbocycles. The third-order valence-corrected chi connectivity index (χ3v) is 8.59. The fourth-order valence-electron chi connectivity index (χ4n) is 5.28. The monoisotopic (exact) mass is 443 g/mol. The van der Waals surface area contributed by atoms with Crippen LogP contribution < -0.4 is 5.32 Å². The minimum Gasteiger partial charge on any atom is -0.340 e. The molecule has 31 heavy (non-hydrogen) atoms. The topological polar surface area (TPSA) is 79.4 Å². The Morgan fingerprint density at radius 2 is 1.74 bits per heavy atom. The van der Waals surface area contributed by atoms with Crippen LogP contribution in [0.5, 0.6) is 0 Å². The number of aromatic nitrogens is 1. The normalized spacial score (nSPS) is 24.0. The Labute approximate surface area is 181 Å². The molecule has 2 aromatic rings. The number of nitrogens with one attached hydrogen (secondary N) is 1. The first-order valence-corrected chi connectivity index (χ1v) is 12.7. The lowest BCUT2D eigenvalue weighted by Crippen LogP contribution is -2.44. The van der Waals surface area contributed by atoms with Crippen LogP contribution in [0.1, 0.15) is 64.6 Å². The highest BCUT2D eigenvalue weighted by atomic mass is 32.2. The Kier molecular flexibility index (Phi) is 5.00. The number of hydrogen-bond donors (Lipinski definition) is 1. The number of amides is 1. The summed E-state index contributed by atoms with van der Waals surface area (Å²) in [5, 5.41) is 3.36. The lowest BCUT2D eigenvalue weighted by molar-refractivity contribution is 0.0767. The van der Waals surface area contributed by atoms with Gasteiger partial charge in [0.15, 0.2) is 9.84 Å². The van der Waals surface area contributed by atoms with E-state index in [-0.39, 0.29) is 36.3 Å². The van der Waals surface area contributed by atoms with Crippen molar-refractivity contribution in [3.63, 3.8) is 0 Å². The molecule has 1 saturated carbocycles. The number of fused-ring (bicyclic) bond motifs is 2. The van der Waals surface area contributed by atoms with E-state index in [1.54, 1.807) is 30.2 Å². The van der Waals surface area contributed by atoms with Crippen molar-refractivity contribution in [2.45, 2.75) is 44.4 Å². The van der Waals surface area contributed by atoms with Gasteiger partial charge in [-0.15, -0.1) is 0 Å². The van der Waals surface area contributed by atoms with Crippen molar-refractivity contribution in [1.82, 2.24) is 9.88 Å². The lowest BCUT2D eigenvalue weighted by Gasteiger charge is -2.40. The van der Waals surface area contributed by atoms with E-state index in [9.17, 15) is 17.6 Å². The molecule has 6 nitrogen and oxygen atoms in total. The lowest BCUT2D eigenvalue weighted by atomic mass is 9.66. The van der Waals surface area contributed by atoms with Crippen LogP contribution in [0.25, 0.3) is 0 Å². The number of halogens is 1. The Hall–Kier alpha value is -2.48. The molecule has 2 bridgehead atoms. The van der Waals surface area contributed by atoms with Gasteiger partial charge < -0.3 is 10.2 Å². The molecule has 1 aliphatic heterocycles. The maximum atomic E-state index is 13.7. The third kappa shape index (κ3) is 3.71. The summed E-state index contributed by atoms with van der Waals surface area (Å²) in [6, 6.07) is 4.90. The highest BCUT2D eigenvalue weighted by Crippen LogP contribution is 2.52. The van der Waals surface area contributed by atoms with Crippen LogP contribution in [0, 0.1) is 12.7 Å². The van der Waals surface area contributed by atoms with Gasteiger partial charge in [0.2, 0.25) is 0 Å². The van der Waals surface area contributed by atoms with Crippen LogP contribution >= 0.6 is 0 Å². The first-order valence-electron chi connectivity index (χ1n) is 10.9. The van der Waals surface area contributed by atoms with Crippen LogP contribution in [-0.4, -0.2) is 48.8 Å². The van der Waals surface area contributed by atoms with Gasteiger partial charge in [0.05, 0.1) is 17.1 Å². The molecule has 1 aromatic carbocycles. The molecule has 0 radical (unpaired) electrons. The summed E-state index contributed by atoms with van der Waals surface area (Å²) in [4.78, 5) is 19.6. The number of anilines is 2. The Morgan fingerprint density at radius 1 is 1.10 bits per heavy atom. The number of aryl methyl sites for hydroxylation is 1. The van der Waals surface area contributed by atoms with Crippen molar-refractivity contribution >= 4 is 27.2 Å². The number of carbonyl (C=O) groups excluding carboxylic acids is 1. The van der Waals surface area contributed by atoms with Crippen LogP contribution in [0.4, 0.5) is 15.9 Å². The minimum absolute atomic E-state index is 0.0178. The Morgan fingerprint density at radius 3 is 2.39 bits per heavy atom. The second-order valence-electron chi connectivity index (χ2n) is 8.93. The number of carbonyl (C=O) groups is 1. The zero-order valence-electron chi connectivity index (χ0n) is 17.5. The van der Waals surface area contributed by atoms with Crippen molar-refractivity contribution in [3.05, 3.63) is 52.5 Å². The summed E-state index contributed by atoms with van der Waals surface area (Å²) in [5.74, 6) is 1.10. The Balaban J connectivity index is 1.52. The predicted molar refractivity (Wildman–Crippen MR) is 117 cm³/mol. The molecule has 0 atom stereocenters. The minimum atomic E-state index is -3.05. The highest BCUT2D eigenvalue weighted by molar-refractivity contribution is 7.91. The number of pyridine rings is 1. The molecular weight excluding hydrogens is 417 g/mol. The molecule has 2 fully saturated rings. The molecular formula is C23H26FN3O3S. The number of nitrogens with zero attached hydrogens (tertiary/aromatic N) is 2. The van der Waals surface area contributed by atoms with Crippen LogP contribution in [0.2, 0.25) is 0 Å². The van der Waals surface area contributed by atoms with E-state index in [0.29, 0.717) is 23.0 Å². The van der Waals surface area contributed by atoms with E-state index in [4.69, 9.17) is 0 Å². The molecule has 1 N–H and O–H groups in total. The second kappa shape index (κ2) is 7.58. The molecule has 1 aromatic heterocycles. The molecule has 4 aliphatic rings. The quantitative estimate of drug-likeness (QED) is 0.778. The molecule has 8 heteroatoms. The van der Waals surface area contributed by atoms with E-state index in [2.05, 4.69) is 10.3 Å². The van der Waals surface area contributed by atoms with Crippen molar-refractivity contribution in [2.24, 2.45) is 0 Å². The molecule has 0 spiro atoms. The van der Waals surface area contributed by atoms with Crippen LogP contribution in [0.15, 0.2) is 24.4 Å². The Bertz CT molecular complexity index is 1140. The van der Waals surface area contributed by atoms with Gasteiger partial charge in [0.1, 0.15) is 11.6 Å². The number of rotatable bonds is 3. The van der Waals surface area contributed by atoms with Crippen molar-refractivity contribution in [3.8, 4) is 0 Å². The van der Waals surface area contributed by atoms with Crippen molar-refractivity contribution < 1.29 is 17.6 Å². The molecule has 1 saturated heterocycles. The predicted octanol–water partition coefficient (Wildman–Crippen LogP) is 3.90. The maximum absolute atomic E-state index is 13.7. The summed E-state index contributed by atoms with van der Waals surface area (Å²) in [6.45, 7) is 2.20. The van der Waals surface area contributed by atoms with E-state index < -0.39 is 9.84 Å². The first kappa shape index (κ1) is 20.4. The van der Waals surface area contributed by atoms with Gasteiger partial charge >= 0.3 is 0 Å². The highest BCUT2D eigenvalue weighted by Gasteiger charge is 2.39. The van der Waals surface area contributed by atoms with Crippen molar-refractivity contribution in [1.29, 1.82) is 0 Å². The van der Waals surface area contributed by atoms with Gasteiger partial charge in [-0.05, 0) is 73.8 Å². The summed E-state index contributed by atoms with van der Waals surface area (Å²) in [6.07, 6.45) is 5.92. The van der Waals surface area contributed by atoms with E-state index >= 15 is 0 Å². The SMILES string of the molecule is Cc1cc(Nc2ncc(C(=O)N3CCS(=O)(=O)CC3)c3c2C2CCC3CC2)ccc1F. The van der Waals surface area contributed by atoms with E-state index in [0.717, 1.165) is 48.3 Å². The van der Waals surface area contributed by atoms with Gasteiger partial charge in [0.25, 0.3) is 5.91 Å². The summed E-state index contributed by atoms with van der Waals surface area (Å²) >= 11 is 0. The van der Waals surface area contributed by atoms with Gasteiger partial charge in [-0.2, -0.15) is 0 Å². The second-order valence-corrected chi connectivity index (χ2v) is 11.2. The third-order valence-electron chi connectivity index (χ3n) is 6.98. The fraction of sp³-hybridized carbons (Fsp3) is 0.478. The number of sulfone groups is 1. The zero-order valence-corrected chi connectivity index (χ0v) is 18.3. The fourth-order valence-corrected chi connectivity index (χ4v) is 6.48. The van der Waals surface area contributed by atoms with Crippen LogP contribution in [0.3, 0.4) is 0 Å². The zero-order chi connectivity index (χ0) is 21.8. The summed E-state index contributed by atoms with van der Waals surface area (Å²) in [5.41, 5.74) is 4.14. The molecule has 1 amide bonds. The first-order chi connectivity index (χ1) is 14.8. The summed E-state index contributed by atoms with van der Waals surface area (Å²) < 4.78 is 37.2. The van der Waals surface area contributed by atoms with Crippen molar-refractivity contribution in [2.75, 3.05) is 29.9 Å². The molecule has 164 valence electrons.